The van der Waals surface area contributed by atoms with Crippen LogP contribution in [-0.4, -0.2) is 20.5 Å². The lowest BCUT2D eigenvalue weighted by molar-refractivity contribution is 0.0697. The Morgan fingerprint density at radius 2 is 1.95 bits per heavy atom. The number of benzene rings is 1. The van der Waals surface area contributed by atoms with Crippen molar-refractivity contribution >= 4 is 11.5 Å². The van der Waals surface area contributed by atoms with Gasteiger partial charge in [-0.2, -0.15) is 0 Å². The van der Waals surface area contributed by atoms with E-state index in [2.05, 4.69) is 4.98 Å². The topological polar surface area (TPSA) is 54.6 Å². The largest absolute Gasteiger partial charge is 0.478 e. The number of hydrogen-bond acceptors (Lipinski definition) is 2. The molecule has 0 fully saturated rings. The summed E-state index contributed by atoms with van der Waals surface area (Å²) in [5.74, 6) is -0.642. The van der Waals surface area contributed by atoms with E-state index in [1.165, 1.54) is 18.2 Å². The van der Waals surface area contributed by atoms with Gasteiger partial charge in [0, 0.05) is 11.8 Å². The molecule has 0 saturated carbocycles. The number of fused-ring (bicyclic) bond motifs is 1. The van der Waals surface area contributed by atoms with E-state index in [1.54, 1.807) is 35.0 Å². The van der Waals surface area contributed by atoms with Gasteiger partial charge in [0.1, 0.15) is 11.6 Å². The second-order valence-corrected chi connectivity index (χ2v) is 4.10. The Morgan fingerprint density at radius 1 is 1.21 bits per heavy atom. The van der Waals surface area contributed by atoms with Crippen molar-refractivity contribution in [3.63, 3.8) is 0 Å². The van der Waals surface area contributed by atoms with Crippen LogP contribution in [0.4, 0.5) is 4.39 Å². The van der Waals surface area contributed by atoms with Gasteiger partial charge in [0.25, 0.3) is 0 Å². The highest BCUT2D eigenvalue weighted by atomic mass is 19.1. The van der Waals surface area contributed by atoms with Crippen molar-refractivity contribution in [3.05, 3.63) is 60.2 Å². The molecule has 2 heterocycles. The number of imidazole rings is 1. The predicted molar refractivity (Wildman–Crippen MR) is 67.5 cm³/mol. The molecule has 94 valence electrons. The minimum atomic E-state index is -0.980. The molecule has 0 bridgehead atoms. The summed E-state index contributed by atoms with van der Waals surface area (Å²) < 4.78 is 14.7. The molecule has 0 amide bonds. The van der Waals surface area contributed by atoms with Crippen molar-refractivity contribution in [3.8, 4) is 11.4 Å². The van der Waals surface area contributed by atoms with E-state index in [4.69, 9.17) is 5.11 Å². The zero-order chi connectivity index (χ0) is 13.4. The quantitative estimate of drug-likeness (QED) is 0.767. The molecule has 2 aromatic heterocycles. The Balaban J connectivity index is 2.15. The van der Waals surface area contributed by atoms with Gasteiger partial charge in [0.05, 0.1) is 17.3 Å². The molecule has 0 atom stereocenters. The third-order valence-electron chi connectivity index (χ3n) is 2.88. The third kappa shape index (κ3) is 1.95. The van der Waals surface area contributed by atoms with Crippen LogP contribution in [0.25, 0.3) is 16.9 Å². The van der Waals surface area contributed by atoms with Crippen LogP contribution in [0.5, 0.6) is 0 Å². The van der Waals surface area contributed by atoms with Crippen LogP contribution in [-0.2, 0) is 0 Å². The van der Waals surface area contributed by atoms with Gasteiger partial charge >= 0.3 is 5.97 Å². The Hall–Kier alpha value is -2.69. The van der Waals surface area contributed by atoms with E-state index in [9.17, 15) is 9.18 Å². The summed E-state index contributed by atoms with van der Waals surface area (Å²) in [5, 5.41) is 8.93. The number of aromatic nitrogens is 2. The van der Waals surface area contributed by atoms with Crippen molar-refractivity contribution in [1.82, 2.24) is 9.38 Å². The van der Waals surface area contributed by atoms with Crippen molar-refractivity contribution in [2.45, 2.75) is 0 Å². The van der Waals surface area contributed by atoms with Gasteiger partial charge in [0.15, 0.2) is 0 Å². The number of halogens is 1. The molecule has 0 aliphatic heterocycles. The van der Waals surface area contributed by atoms with Crippen LogP contribution in [0.2, 0.25) is 0 Å². The van der Waals surface area contributed by atoms with Crippen molar-refractivity contribution < 1.29 is 14.3 Å². The first kappa shape index (κ1) is 11.4. The molecule has 0 saturated heterocycles. The van der Waals surface area contributed by atoms with E-state index in [0.717, 1.165) is 5.56 Å². The zero-order valence-corrected chi connectivity index (χ0v) is 9.75. The average molecular weight is 256 g/mol. The van der Waals surface area contributed by atoms with E-state index in [0.29, 0.717) is 11.3 Å². The second kappa shape index (κ2) is 4.20. The molecular weight excluding hydrogens is 247 g/mol. The molecule has 0 radical (unpaired) electrons. The second-order valence-electron chi connectivity index (χ2n) is 4.10. The highest BCUT2D eigenvalue weighted by Crippen LogP contribution is 2.20. The number of aromatic carboxylic acids is 1. The van der Waals surface area contributed by atoms with Crippen LogP contribution in [0.1, 0.15) is 10.4 Å². The number of rotatable bonds is 2. The van der Waals surface area contributed by atoms with Crippen LogP contribution in [0, 0.1) is 5.82 Å². The molecular formula is C14H9FN2O2. The van der Waals surface area contributed by atoms with Gasteiger partial charge in [-0.15, -0.1) is 0 Å². The van der Waals surface area contributed by atoms with Crippen molar-refractivity contribution in [1.29, 1.82) is 0 Å². The van der Waals surface area contributed by atoms with Gasteiger partial charge in [0.2, 0.25) is 0 Å². The Labute approximate surface area is 107 Å². The van der Waals surface area contributed by atoms with Crippen LogP contribution >= 0.6 is 0 Å². The molecule has 19 heavy (non-hydrogen) atoms. The Bertz CT molecular complexity index is 763. The fraction of sp³-hybridized carbons (Fsp3) is 0. The minimum absolute atomic E-state index is 0.207. The minimum Gasteiger partial charge on any atom is -0.478 e. The summed E-state index contributed by atoms with van der Waals surface area (Å²) >= 11 is 0. The first-order valence-electron chi connectivity index (χ1n) is 5.61. The number of pyridine rings is 1. The summed E-state index contributed by atoms with van der Waals surface area (Å²) in [6.45, 7) is 0. The lowest BCUT2D eigenvalue weighted by atomic mass is 10.2. The molecule has 0 aliphatic carbocycles. The highest BCUT2D eigenvalue weighted by molar-refractivity contribution is 5.89. The first-order chi connectivity index (χ1) is 9.15. The third-order valence-corrected chi connectivity index (χ3v) is 2.88. The summed E-state index contributed by atoms with van der Waals surface area (Å²) in [6, 6.07) is 9.04. The zero-order valence-electron chi connectivity index (χ0n) is 9.75. The molecule has 5 heteroatoms. The van der Waals surface area contributed by atoms with E-state index >= 15 is 0 Å². The SMILES string of the molecule is O=C(O)c1ccn2c(-c3ccc(F)cc3)ncc2c1. The lowest BCUT2D eigenvalue weighted by Gasteiger charge is -2.02. The van der Waals surface area contributed by atoms with Crippen LogP contribution in [0.15, 0.2) is 48.8 Å². The monoisotopic (exact) mass is 256 g/mol. The Morgan fingerprint density at radius 3 is 2.63 bits per heavy atom. The van der Waals surface area contributed by atoms with Crippen molar-refractivity contribution in [2.24, 2.45) is 0 Å². The summed E-state index contributed by atoms with van der Waals surface area (Å²) in [6.07, 6.45) is 3.23. The maximum atomic E-state index is 12.9. The van der Waals surface area contributed by atoms with Crippen LogP contribution < -0.4 is 0 Å². The molecule has 1 N–H and O–H groups in total. The molecule has 0 aliphatic rings. The summed E-state index contributed by atoms with van der Waals surface area (Å²) in [4.78, 5) is 15.1. The molecule has 4 nitrogen and oxygen atoms in total. The maximum absolute atomic E-state index is 12.9. The number of carboxylic acids is 1. The normalized spacial score (nSPS) is 10.8. The Kier molecular flexibility index (Phi) is 2.52. The highest BCUT2D eigenvalue weighted by Gasteiger charge is 2.09. The number of carboxylic acid groups (broad SMARTS) is 1. The van der Waals surface area contributed by atoms with E-state index < -0.39 is 5.97 Å². The fourth-order valence-corrected chi connectivity index (χ4v) is 1.95. The molecule has 0 spiro atoms. The number of carbonyl (C=O) groups is 1. The number of hydrogen-bond donors (Lipinski definition) is 1. The smallest absolute Gasteiger partial charge is 0.335 e. The number of nitrogens with zero attached hydrogens (tertiary/aromatic N) is 2. The molecule has 0 unspecified atom stereocenters. The predicted octanol–water partition coefficient (Wildman–Crippen LogP) is 2.84. The van der Waals surface area contributed by atoms with Gasteiger partial charge in [-0.05, 0) is 36.4 Å². The first-order valence-corrected chi connectivity index (χ1v) is 5.61. The van der Waals surface area contributed by atoms with Gasteiger partial charge in [-0.1, -0.05) is 0 Å². The molecule has 3 rings (SSSR count). The van der Waals surface area contributed by atoms with E-state index in [1.807, 2.05) is 0 Å². The van der Waals surface area contributed by atoms with Crippen LogP contribution in [0.3, 0.4) is 0 Å². The lowest BCUT2D eigenvalue weighted by Crippen LogP contribution is -1.97. The van der Waals surface area contributed by atoms with Crippen molar-refractivity contribution in [2.75, 3.05) is 0 Å². The van der Waals surface area contributed by atoms with Gasteiger partial charge in [-0.3, -0.25) is 4.40 Å². The standard InChI is InChI=1S/C14H9FN2O2/c15-11-3-1-9(2-4-11)13-16-8-12-7-10(14(18)19)5-6-17(12)13/h1-8H,(H,18,19). The maximum Gasteiger partial charge on any atom is 0.335 e. The summed E-state index contributed by atoms with van der Waals surface area (Å²) in [5.41, 5.74) is 1.65. The summed E-state index contributed by atoms with van der Waals surface area (Å²) in [7, 11) is 0. The fourth-order valence-electron chi connectivity index (χ4n) is 1.95. The van der Waals surface area contributed by atoms with Gasteiger partial charge < -0.3 is 5.11 Å². The average Bonchev–Trinajstić information content (AvgIpc) is 2.82. The molecule has 1 aromatic carbocycles. The van der Waals surface area contributed by atoms with Gasteiger partial charge in [-0.25, -0.2) is 14.2 Å². The molecule has 3 aromatic rings. The van der Waals surface area contributed by atoms with E-state index in [-0.39, 0.29) is 11.4 Å².